The first-order valence-electron chi connectivity index (χ1n) is 10.4. The second kappa shape index (κ2) is 6.46. The molecule has 0 amide bonds. The predicted molar refractivity (Wildman–Crippen MR) is 96.3 cm³/mol. The van der Waals surface area contributed by atoms with Gasteiger partial charge in [-0.1, -0.05) is 13.8 Å². The first kappa shape index (κ1) is 18.7. The molecule has 3 aliphatic carbocycles. The van der Waals surface area contributed by atoms with Gasteiger partial charge in [0.15, 0.2) is 5.79 Å². The summed E-state index contributed by atoms with van der Waals surface area (Å²) in [6.07, 6.45) is 7.19. The van der Waals surface area contributed by atoms with Crippen LogP contribution in [0.5, 0.6) is 0 Å². The summed E-state index contributed by atoms with van der Waals surface area (Å²) in [4.78, 5) is 11.9. The van der Waals surface area contributed by atoms with Gasteiger partial charge in [-0.15, -0.1) is 0 Å². The molecular weight excluding hydrogens is 332 g/mol. The van der Waals surface area contributed by atoms with E-state index in [9.17, 15) is 9.90 Å². The summed E-state index contributed by atoms with van der Waals surface area (Å²) in [5.74, 6) is 0.938. The van der Waals surface area contributed by atoms with Crippen LogP contribution >= 0.6 is 0 Å². The average Bonchev–Trinajstić information content (AvgIpc) is 3.23. The lowest BCUT2D eigenvalue weighted by Crippen LogP contribution is -2.61. The van der Waals surface area contributed by atoms with Crippen molar-refractivity contribution in [2.24, 2.45) is 28.6 Å². The Morgan fingerprint density at radius 3 is 2.50 bits per heavy atom. The van der Waals surface area contributed by atoms with E-state index in [0.717, 1.165) is 44.9 Å². The molecular formula is C21H34O5. The minimum absolute atomic E-state index is 0.0618. The van der Waals surface area contributed by atoms with Crippen molar-refractivity contribution >= 4 is 5.97 Å². The molecule has 4 rings (SSSR count). The molecule has 5 heteroatoms. The number of fused-ring (bicyclic) bond motifs is 3. The summed E-state index contributed by atoms with van der Waals surface area (Å²) in [6, 6.07) is 0. The Balaban J connectivity index is 1.65. The molecule has 4 aliphatic rings. The van der Waals surface area contributed by atoms with Crippen molar-refractivity contribution in [1.29, 1.82) is 0 Å². The highest BCUT2D eigenvalue weighted by Gasteiger charge is 2.65. The maximum Gasteiger partial charge on any atom is 0.305 e. The van der Waals surface area contributed by atoms with Crippen LogP contribution in [0.2, 0.25) is 0 Å². The Bertz CT molecular complexity index is 557. The Morgan fingerprint density at radius 2 is 1.81 bits per heavy atom. The Labute approximate surface area is 156 Å². The molecule has 3 saturated carbocycles. The van der Waals surface area contributed by atoms with Gasteiger partial charge in [-0.2, -0.15) is 0 Å². The van der Waals surface area contributed by atoms with E-state index in [0.29, 0.717) is 37.4 Å². The number of methoxy groups -OCH3 is 1. The minimum Gasteiger partial charge on any atom is -0.469 e. The standard InChI is InChI=1S/C21H34O5/c1-19-9-7-16-14(15(19)4-5-17(19)22)6-11-21(25-12-13-26-21)20(16,2)10-8-18(23)24-3/h14-17,22H,4-13H2,1-3H3/t14-,15-,16-,17-,19-,20+/m0/s1. The molecule has 148 valence electrons. The second-order valence-corrected chi connectivity index (χ2v) is 9.50. The van der Waals surface area contributed by atoms with Crippen molar-refractivity contribution in [2.75, 3.05) is 20.3 Å². The van der Waals surface area contributed by atoms with E-state index in [-0.39, 0.29) is 22.9 Å². The Kier molecular flexibility index (Phi) is 4.64. The van der Waals surface area contributed by atoms with E-state index in [1.165, 1.54) is 7.11 Å². The van der Waals surface area contributed by atoms with Crippen molar-refractivity contribution in [2.45, 2.75) is 77.1 Å². The first-order chi connectivity index (χ1) is 12.4. The van der Waals surface area contributed by atoms with Gasteiger partial charge < -0.3 is 19.3 Å². The van der Waals surface area contributed by atoms with E-state index in [2.05, 4.69) is 13.8 Å². The third-order valence-electron chi connectivity index (χ3n) is 8.71. The van der Waals surface area contributed by atoms with Crippen LogP contribution in [0, 0.1) is 28.6 Å². The molecule has 0 aromatic rings. The smallest absolute Gasteiger partial charge is 0.305 e. The highest BCUT2D eigenvalue weighted by Crippen LogP contribution is 2.66. The van der Waals surface area contributed by atoms with Gasteiger partial charge in [0.2, 0.25) is 0 Å². The number of carbonyl (C=O) groups is 1. The maximum atomic E-state index is 11.9. The third kappa shape index (κ3) is 2.50. The quantitative estimate of drug-likeness (QED) is 0.777. The number of hydrogen-bond acceptors (Lipinski definition) is 5. The van der Waals surface area contributed by atoms with E-state index in [1.807, 2.05) is 0 Å². The lowest BCUT2D eigenvalue weighted by molar-refractivity contribution is -0.292. The molecule has 1 N–H and O–H groups in total. The SMILES string of the molecule is COC(=O)CC[C@]1(C)[C@H]2CC[C@]3(C)[C@@H](O)CC[C@H]3[C@@H]2CCC12OCCO2. The molecule has 0 bridgehead atoms. The van der Waals surface area contributed by atoms with Crippen LogP contribution in [0.3, 0.4) is 0 Å². The molecule has 26 heavy (non-hydrogen) atoms. The zero-order valence-corrected chi connectivity index (χ0v) is 16.5. The molecule has 5 nitrogen and oxygen atoms in total. The lowest BCUT2D eigenvalue weighted by Gasteiger charge is -2.61. The molecule has 1 aliphatic heterocycles. The van der Waals surface area contributed by atoms with Crippen molar-refractivity contribution in [3.63, 3.8) is 0 Å². The van der Waals surface area contributed by atoms with Crippen LogP contribution in [0.1, 0.15) is 65.2 Å². The number of esters is 1. The molecule has 0 aromatic heterocycles. The molecule has 4 fully saturated rings. The van der Waals surface area contributed by atoms with Gasteiger partial charge in [-0.05, 0) is 61.7 Å². The minimum atomic E-state index is -0.548. The zero-order chi connectivity index (χ0) is 18.6. The fourth-order valence-corrected chi connectivity index (χ4v) is 7.15. The summed E-state index contributed by atoms with van der Waals surface area (Å²) >= 11 is 0. The molecule has 1 saturated heterocycles. The van der Waals surface area contributed by atoms with Gasteiger partial charge in [-0.25, -0.2) is 0 Å². The summed E-state index contributed by atoms with van der Waals surface area (Å²) in [6.45, 7) is 5.87. The molecule has 1 spiro atoms. The number of carbonyl (C=O) groups excluding carboxylic acids is 1. The number of aliphatic hydroxyl groups excluding tert-OH is 1. The fraction of sp³-hybridized carbons (Fsp3) is 0.952. The van der Waals surface area contributed by atoms with Crippen molar-refractivity contribution in [3.8, 4) is 0 Å². The summed E-state index contributed by atoms with van der Waals surface area (Å²) in [5, 5.41) is 10.6. The van der Waals surface area contributed by atoms with Gasteiger partial charge in [0.1, 0.15) is 0 Å². The second-order valence-electron chi connectivity index (χ2n) is 9.50. The first-order valence-corrected chi connectivity index (χ1v) is 10.4. The number of hydrogen-bond donors (Lipinski definition) is 1. The van der Waals surface area contributed by atoms with Crippen LogP contribution in [0.25, 0.3) is 0 Å². The lowest BCUT2D eigenvalue weighted by atomic mass is 9.47. The monoisotopic (exact) mass is 366 g/mol. The average molecular weight is 366 g/mol. The highest BCUT2D eigenvalue weighted by atomic mass is 16.7. The van der Waals surface area contributed by atoms with Crippen molar-refractivity contribution in [1.82, 2.24) is 0 Å². The van der Waals surface area contributed by atoms with Crippen LogP contribution in [-0.4, -0.2) is 43.3 Å². The summed E-state index contributed by atoms with van der Waals surface area (Å²) in [5.41, 5.74) is -0.123. The van der Waals surface area contributed by atoms with Crippen LogP contribution in [-0.2, 0) is 19.0 Å². The Morgan fingerprint density at radius 1 is 1.08 bits per heavy atom. The van der Waals surface area contributed by atoms with Gasteiger partial charge in [0.25, 0.3) is 0 Å². The van der Waals surface area contributed by atoms with Gasteiger partial charge in [0.05, 0.1) is 26.4 Å². The largest absolute Gasteiger partial charge is 0.469 e. The van der Waals surface area contributed by atoms with Gasteiger partial charge in [-0.3, -0.25) is 4.79 Å². The van der Waals surface area contributed by atoms with E-state index in [4.69, 9.17) is 14.2 Å². The topological polar surface area (TPSA) is 65.0 Å². The predicted octanol–water partition coefficient (Wildman–Crippen LogP) is 3.29. The van der Waals surface area contributed by atoms with Crippen molar-refractivity contribution in [3.05, 3.63) is 0 Å². The maximum absolute atomic E-state index is 11.9. The number of aliphatic hydroxyl groups is 1. The van der Waals surface area contributed by atoms with Crippen LogP contribution < -0.4 is 0 Å². The van der Waals surface area contributed by atoms with Gasteiger partial charge >= 0.3 is 5.97 Å². The van der Waals surface area contributed by atoms with Crippen LogP contribution in [0.15, 0.2) is 0 Å². The molecule has 0 unspecified atom stereocenters. The Hall–Kier alpha value is -0.650. The van der Waals surface area contributed by atoms with E-state index in [1.54, 1.807) is 0 Å². The number of rotatable bonds is 3. The normalized spacial score (nSPS) is 46.8. The number of ether oxygens (including phenoxy) is 3. The van der Waals surface area contributed by atoms with Crippen molar-refractivity contribution < 1.29 is 24.1 Å². The van der Waals surface area contributed by atoms with Crippen LogP contribution in [0.4, 0.5) is 0 Å². The van der Waals surface area contributed by atoms with E-state index < -0.39 is 5.79 Å². The van der Waals surface area contributed by atoms with E-state index >= 15 is 0 Å². The zero-order valence-electron chi connectivity index (χ0n) is 16.5. The molecule has 1 heterocycles. The fourth-order valence-electron chi connectivity index (χ4n) is 7.15. The molecule has 6 atom stereocenters. The van der Waals surface area contributed by atoms with Gasteiger partial charge in [0, 0.05) is 18.3 Å². The highest BCUT2D eigenvalue weighted by molar-refractivity contribution is 5.69. The summed E-state index contributed by atoms with van der Waals surface area (Å²) < 4.78 is 17.4. The molecule has 0 aromatic carbocycles. The summed E-state index contributed by atoms with van der Waals surface area (Å²) in [7, 11) is 1.46. The molecule has 0 radical (unpaired) electrons. The third-order valence-corrected chi connectivity index (χ3v) is 8.71.